The minimum Gasteiger partial charge on any atom is -0.339 e. The molecule has 0 aromatic heterocycles. The lowest BCUT2D eigenvalue weighted by Crippen LogP contribution is -2.38. The number of sulfonamides is 1. The maximum Gasteiger partial charge on any atom is 0.261 e. The number of anilines is 1. The first-order chi connectivity index (χ1) is 13.7. The Morgan fingerprint density at radius 2 is 1.83 bits per heavy atom. The number of halogens is 2. The molecule has 1 amide bonds. The third-order valence-electron chi connectivity index (χ3n) is 4.96. The third-order valence-corrected chi connectivity index (χ3v) is 7.68. The second-order valence-corrected chi connectivity index (χ2v) is 10.4. The minimum absolute atomic E-state index is 0.0000645. The van der Waals surface area contributed by atoms with Gasteiger partial charge in [0.05, 0.1) is 21.2 Å². The van der Waals surface area contributed by atoms with Crippen LogP contribution in [0.1, 0.15) is 30.1 Å². The van der Waals surface area contributed by atoms with Crippen molar-refractivity contribution in [3.05, 3.63) is 52.0 Å². The fraction of sp³-hybridized carbons (Fsp3) is 0.350. The van der Waals surface area contributed by atoms with Gasteiger partial charge >= 0.3 is 0 Å². The molecule has 1 heterocycles. The van der Waals surface area contributed by atoms with Crippen LogP contribution in [0.25, 0.3) is 0 Å². The average Bonchev–Trinajstić information content (AvgIpc) is 2.70. The number of nitrogens with one attached hydrogen (secondary N) is 1. The van der Waals surface area contributed by atoms with E-state index in [1.807, 2.05) is 6.26 Å². The molecule has 0 bridgehead atoms. The summed E-state index contributed by atoms with van der Waals surface area (Å²) >= 11 is 13.4. The Morgan fingerprint density at radius 3 is 2.48 bits per heavy atom. The Kier molecular flexibility index (Phi) is 7.04. The van der Waals surface area contributed by atoms with Crippen molar-refractivity contribution >= 4 is 56.6 Å². The summed E-state index contributed by atoms with van der Waals surface area (Å²) < 4.78 is 28.3. The largest absolute Gasteiger partial charge is 0.339 e. The van der Waals surface area contributed by atoms with E-state index >= 15 is 0 Å². The van der Waals surface area contributed by atoms with Gasteiger partial charge in [0.2, 0.25) is 0 Å². The van der Waals surface area contributed by atoms with E-state index in [9.17, 15) is 13.2 Å². The lowest BCUT2D eigenvalue weighted by atomic mass is 9.98. The predicted molar refractivity (Wildman–Crippen MR) is 120 cm³/mol. The summed E-state index contributed by atoms with van der Waals surface area (Å²) in [6.07, 6.45) is 3.77. The number of nitrogens with zero attached hydrogens (tertiary/aromatic N) is 1. The minimum atomic E-state index is -3.95. The number of hydrogen-bond acceptors (Lipinski definition) is 4. The summed E-state index contributed by atoms with van der Waals surface area (Å²) in [5, 5.41) is 0.595. The molecule has 0 radical (unpaired) electrons. The molecule has 9 heteroatoms. The maximum absolute atomic E-state index is 13.1. The molecule has 0 aliphatic carbocycles. The van der Waals surface area contributed by atoms with Gasteiger partial charge in [-0.3, -0.25) is 9.52 Å². The van der Waals surface area contributed by atoms with Crippen molar-refractivity contribution in [3.63, 3.8) is 0 Å². The summed E-state index contributed by atoms with van der Waals surface area (Å²) in [5.41, 5.74) is 0.582. The molecule has 1 fully saturated rings. The Labute approximate surface area is 185 Å². The molecule has 0 spiro atoms. The van der Waals surface area contributed by atoms with Crippen LogP contribution in [0.2, 0.25) is 10.0 Å². The Hall–Kier alpha value is -1.41. The van der Waals surface area contributed by atoms with Crippen LogP contribution in [-0.2, 0) is 10.0 Å². The van der Waals surface area contributed by atoms with Gasteiger partial charge in [-0.1, -0.05) is 30.1 Å². The molecule has 0 unspecified atom stereocenters. The van der Waals surface area contributed by atoms with Crippen molar-refractivity contribution < 1.29 is 13.2 Å². The van der Waals surface area contributed by atoms with Crippen LogP contribution in [0.5, 0.6) is 0 Å². The van der Waals surface area contributed by atoms with Gasteiger partial charge in [-0.15, -0.1) is 11.8 Å². The molecule has 1 N–H and O–H groups in total. The zero-order valence-corrected chi connectivity index (χ0v) is 19.3. The van der Waals surface area contributed by atoms with Crippen LogP contribution < -0.4 is 4.72 Å². The van der Waals surface area contributed by atoms with Crippen molar-refractivity contribution in [2.75, 3.05) is 24.1 Å². The number of hydrogen-bond donors (Lipinski definition) is 1. The molecule has 29 heavy (non-hydrogen) atoms. The van der Waals surface area contributed by atoms with Crippen LogP contribution in [0, 0.1) is 5.92 Å². The summed E-state index contributed by atoms with van der Waals surface area (Å²) in [6, 6.07) is 9.13. The second-order valence-electron chi connectivity index (χ2n) is 7.07. The highest BCUT2D eigenvalue weighted by Gasteiger charge is 2.25. The number of rotatable bonds is 5. The van der Waals surface area contributed by atoms with Gasteiger partial charge in [0, 0.05) is 23.0 Å². The lowest BCUT2D eigenvalue weighted by Gasteiger charge is -2.30. The number of likely N-dealkylation sites (tertiary alicyclic amines) is 1. The molecule has 1 saturated heterocycles. The highest BCUT2D eigenvalue weighted by molar-refractivity contribution is 7.98. The summed E-state index contributed by atoms with van der Waals surface area (Å²) in [5.74, 6) is 0.455. The van der Waals surface area contributed by atoms with E-state index in [0.29, 0.717) is 29.6 Å². The monoisotopic (exact) mass is 472 g/mol. The van der Waals surface area contributed by atoms with Crippen LogP contribution >= 0.6 is 35.0 Å². The molecular weight excluding hydrogens is 451 g/mol. The van der Waals surface area contributed by atoms with E-state index in [2.05, 4.69) is 11.6 Å². The second kappa shape index (κ2) is 9.16. The summed E-state index contributed by atoms with van der Waals surface area (Å²) in [6.45, 7) is 3.54. The molecule has 5 nitrogen and oxygen atoms in total. The predicted octanol–water partition coefficient (Wildman–Crippen LogP) is 5.39. The molecule has 156 valence electrons. The maximum atomic E-state index is 13.1. The number of carbonyl (C=O) groups excluding carboxylic acids is 1. The molecular formula is C20H22Cl2N2O3S2. The van der Waals surface area contributed by atoms with Gasteiger partial charge in [-0.05, 0) is 61.4 Å². The first-order valence-electron chi connectivity index (χ1n) is 9.16. The van der Waals surface area contributed by atoms with Gasteiger partial charge in [0.1, 0.15) is 0 Å². The van der Waals surface area contributed by atoms with E-state index in [0.717, 1.165) is 17.7 Å². The topological polar surface area (TPSA) is 66.5 Å². The molecule has 0 saturated carbocycles. The van der Waals surface area contributed by atoms with E-state index < -0.39 is 10.0 Å². The van der Waals surface area contributed by atoms with Crippen LogP contribution in [0.15, 0.2) is 46.2 Å². The SMILES string of the molecule is CSc1ccc(S(=O)(=O)Nc2cc(Cl)ccc2Cl)cc1C(=O)N1CCC(C)CC1. The molecule has 1 aliphatic rings. The fourth-order valence-electron chi connectivity index (χ4n) is 3.18. The van der Waals surface area contributed by atoms with E-state index in [1.54, 1.807) is 17.0 Å². The molecule has 2 aromatic carbocycles. The van der Waals surface area contributed by atoms with Crippen molar-refractivity contribution in [3.8, 4) is 0 Å². The molecule has 0 atom stereocenters. The van der Waals surface area contributed by atoms with Crippen LogP contribution in [-0.4, -0.2) is 38.6 Å². The molecule has 3 rings (SSSR count). The van der Waals surface area contributed by atoms with E-state index in [1.165, 1.54) is 36.0 Å². The normalized spacial score (nSPS) is 15.4. The Balaban J connectivity index is 1.93. The number of piperidine rings is 1. The van der Waals surface area contributed by atoms with Crippen LogP contribution in [0.4, 0.5) is 5.69 Å². The average molecular weight is 473 g/mol. The van der Waals surface area contributed by atoms with E-state index in [4.69, 9.17) is 23.2 Å². The Morgan fingerprint density at radius 1 is 1.14 bits per heavy atom. The third kappa shape index (κ3) is 5.20. The molecule has 1 aliphatic heterocycles. The van der Waals surface area contributed by atoms with Gasteiger partial charge in [-0.25, -0.2) is 8.42 Å². The van der Waals surface area contributed by atoms with Gasteiger partial charge < -0.3 is 4.90 Å². The van der Waals surface area contributed by atoms with Crippen molar-refractivity contribution in [1.29, 1.82) is 0 Å². The smallest absolute Gasteiger partial charge is 0.261 e. The van der Waals surface area contributed by atoms with Gasteiger partial charge in [0.25, 0.3) is 15.9 Å². The number of benzene rings is 2. The fourth-order valence-corrected chi connectivity index (χ4v) is 5.24. The van der Waals surface area contributed by atoms with Crippen molar-refractivity contribution in [2.45, 2.75) is 29.6 Å². The van der Waals surface area contributed by atoms with Gasteiger partial charge in [0.15, 0.2) is 0 Å². The quantitative estimate of drug-likeness (QED) is 0.592. The zero-order valence-electron chi connectivity index (χ0n) is 16.1. The van der Waals surface area contributed by atoms with Gasteiger partial charge in [-0.2, -0.15) is 0 Å². The summed E-state index contributed by atoms with van der Waals surface area (Å²) in [4.78, 5) is 15.6. The standard InChI is InChI=1S/C20H22Cl2N2O3S2/c1-13-7-9-24(10-8-13)20(25)16-12-15(4-6-19(16)28-2)29(26,27)23-18-11-14(21)3-5-17(18)22/h3-6,11-13,23H,7-10H2,1-2H3. The number of thioether (sulfide) groups is 1. The Bertz CT molecular complexity index is 1020. The first kappa shape index (κ1) is 22.3. The lowest BCUT2D eigenvalue weighted by molar-refractivity contribution is 0.0693. The van der Waals surface area contributed by atoms with Crippen LogP contribution in [0.3, 0.4) is 0 Å². The highest BCUT2D eigenvalue weighted by atomic mass is 35.5. The first-order valence-corrected chi connectivity index (χ1v) is 12.6. The van der Waals surface area contributed by atoms with Crippen molar-refractivity contribution in [2.24, 2.45) is 5.92 Å². The van der Waals surface area contributed by atoms with E-state index in [-0.39, 0.29) is 21.5 Å². The highest BCUT2D eigenvalue weighted by Crippen LogP contribution is 2.30. The summed E-state index contributed by atoms with van der Waals surface area (Å²) in [7, 11) is -3.95. The number of carbonyl (C=O) groups is 1. The van der Waals surface area contributed by atoms with Crippen molar-refractivity contribution in [1.82, 2.24) is 4.90 Å². The molecule has 2 aromatic rings. The number of amides is 1. The zero-order chi connectivity index (χ0) is 21.2.